The first-order valence-electron chi connectivity index (χ1n) is 9.40. The van der Waals surface area contributed by atoms with Crippen molar-refractivity contribution in [2.24, 2.45) is 10.9 Å². The monoisotopic (exact) mass is 371 g/mol. The summed E-state index contributed by atoms with van der Waals surface area (Å²) in [5.41, 5.74) is 2.42. The summed E-state index contributed by atoms with van der Waals surface area (Å²) in [5.74, 6) is 1.54. The molecule has 1 unspecified atom stereocenters. The molecule has 1 saturated heterocycles. The topological polar surface area (TPSA) is 52.6 Å². The minimum Gasteiger partial charge on any atom is -0.371 e. The van der Waals surface area contributed by atoms with Crippen LogP contribution in [-0.4, -0.2) is 37.1 Å². The van der Waals surface area contributed by atoms with Gasteiger partial charge in [0.1, 0.15) is 0 Å². The van der Waals surface area contributed by atoms with E-state index in [-0.39, 0.29) is 0 Å². The van der Waals surface area contributed by atoms with Crippen molar-refractivity contribution >= 4 is 23.0 Å². The summed E-state index contributed by atoms with van der Waals surface area (Å²) in [6.45, 7) is 11.0. The predicted molar refractivity (Wildman–Crippen MR) is 111 cm³/mol. The van der Waals surface area contributed by atoms with Crippen LogP contribution in [0.3, 0.4) is 0 Å². The van der Waals surface area contributed by atoms with Gasteiger partial charge >= 0.3 is 0 Å². The van der Waals surface area contributed by atoms with Crippen LogP contribution in [0.15, 0.2) is 35.3 Å². The molecular weight excluding hydrogens is 342 g/mol. The molecule has 1 atom stereocenters. The first-order chi connectivity index (χ1) is 12.7. The summed E-state index contributed by atoms with van der Waals surface area (Å²) in [6.07, 6.45) is 1.22. The van der Waals surface area contributed by atoms with Gasteiger partial charge in [0.05, 0.1) is 17.2 Å². The minimum atomic E-state index is 0.645. The van der Waals surface area contributed by atoms with Gasteiger partial charge in [0.15, 0.2) is 5.96 Å². The largest absolute Gasteiger partial charge is 0.371 e. The lowest BCUT2D eigenvalue weighted by molar-refractivity contribution is 0.566. The van der Waals surface area contributed by atoms with Gasteiger partial charge in [-0.05, 0) is 45.2 Å². The van der Waals surface area contributed by atoms with Crippen LogP contribution in [-0.2, 0) is 6.54 Å². The Morgan fingerprint density at radius 2 is 2.08 bits per heavy atom. The molecule has 1 aliphatic heterocycles. The van der Waals surface area contributed by atoms with E-state index >= 15 is 0 Å². The molecule has 1 fully saturated rings. The Kier molecular flexibility index (Phi) is 6.50. The van der Waals surface area contributed by atoms with Gasteiger partial charge in [-0.15, -0.1) is 11.3 Å². The van der Waals surface area contributed by atoms with E-state index in [9.17, 15) is 0 Å². The average Bonchev–Trinajstić information content (AvgIpc) is 3.24. The third-order valence-electron chi connectivity index (χ3n) is 4.69. The van der Waals surface area contributed by atoms with E-state index < -0.39 is 0 Å². The summed E-state index contributed by atoms with van der Waals surface area (Å²) < 4.78 is 0. The average molecular weight is 372 g/mol. The highest BCUT2D eigenvalue weighted by Crippen LogP contribution is 2.23. The third kappa shape index (κ3) is 4.97. The van der Waals surface area contributed by atoms with Crippen LogP contribution in [0, 0.1) is 19.8 Å². The first kappa shape index (κ1) is 18.7. The molecule has 3 rings (SSSR count). The number of aliphatic imine (C=N–C) groups is 1. The van der Waals surface area contributed by atoms with Gasteiger partial charge in [-0.3, -0.25) is 0 Å². The highest BCUT2D eigenvalue weighted by Gasteiger charge is 2.22. The van der Waals surface area contributed by atoms with Crippen LogP contribution >= 0.6 is 11.3 Å². The van der Waals surface area contributed by atoms with Crippen molar-refractivity contribution in [2.45, 2.75) is 33.7 Å². The number of para-hydroxylation sites is 1. The van der Waals surface area contributed by atoms with Crippen LogP contribution in [0.25, 0.3) is 0 Å². The fraction of sp³-hybridized carbons (Fsp3) is 0.500. The molecule has 26 heavy (non-hydrogen) atoms. The molecule has 2 aromatic rings. The maximum atomic E-state index is 4.75. The third-order valence-corrected chi connectivity index (χ3v) is 5.75. The van der Waals surface area contributed by atoms with E-state index in [0.29, 0.717) is 12.5 Å². The summed E-state index contributed by atoms with van der Waals surface area (Å²) in [7, 11) is 0. The van der Waals surface area contributed by atoms with Crippen molar-refractivity contribution in [3.8, 4) is 0 Å². The van der Waals surface area contributed by atoms with Crippen molar-refractivity contribution in [3.05, 3.63) is 45.9 Å². The highest BCUT2D eigenvalue weighted by molar-refractivity contribution is 7.11. The van der Waals surface area contributed by atoms with Crippen molar-refractivity contribution in [1.29, 1.82) is 0 Å². The Morgan fingerprint density at radius 3 is 2.77 bits per heavy atom. The minimum absolute atomic E-state index is 0.645. The van der Waals surface area contributed by atoms with Crippen LogP contribution < -0.4 is 15.5 Å². The lowest BCUT2D eigenvalue weighted by Crippen LogP contribution is -2.40. The lowest BCUT2D eigenvalue weighted by Gasteiger charge is -2.19. The second-order valence-corrected chi connectivity index (χ2v) is 8.04. The van der Waals surface area contributed by atoms with Crippen molar-refractivity contribution in [2.75, 3.05) is 31.1 Å². The molecule has 2 heterocycles. The molecule has 5 nitrogen and oxygen atoms in total. The van der Waals surface area contributed by atoms with Crippen molar-refractivity contribution in [3.63, 3.8) is 0 Å². The van der Waals surface area contributed by atoms with E-state index in [1.807, 2.05) is 6.92 Å². The Bertz CT molecular complexity index is 725. The Balaban J connectivity index is 1.52. The zero-order valence-corrected chi connectivity index (χ0v) is 16.8. The quantitative estimate of drug-likeness (QED) is 0.604. The molecule has 1 aromatic heterocycles. The molecule has 6 heteroatoms. The fourth-order valence-corrected chi connectivity index (χ4v) is 4.19. The van der Waals surface area contributed by atoms with E-state index in [1.165, 1.54) is 17.0 Å². The smallest absolute Gasteiger partial charge is 0.191 e. The van der Waals surface area contributed by atoms with Gasteiger partial charge in [-0.25, -0.2) is 9.98 Å². The standard InChI is InChI=1S/C20H29N5S/c1-4-21-20(23-13-19-15(2)24-16(3)26-19)22-12-17-10-11-25(14-17)18-8-6-5-7-9-18/h5-9,17H,4,10-14H2,1-3H3,(H2,21,22,23). The number of aromatic nitrogens is 1. The normalized spacial score (nSPS) is 17.6. The molecule has 0 radical (unpaired) electrons. The second kappa shape index (κ2) is 9.03. The predicted octanol–water partition coefficient (Wildman–Crippen LogP) is 3.34. The van der Waals surface area contributed by atoms with Gasteiger partial charge in [0.25, 0.3) is 0 Å². The Morgan fingerprint density at radius 1 is 1.27 bits per heavy atom. The number of hydrogen-bond acceptors (Lipinski definition) is 4. The Hall–Kier alpha value is -2.08. The number of nitrogens with zero attached hydrogens (tertiary/aromatic N) is 3. The van der Waals surface area contributed by atoms with Crippen LogP contribution in [0.1, 0.15) is 28.9 Å². The summed E-state index contributed by atoms with van der Waals surface area (Å²) >= 11 is 1.74. The van der Waals surface area contributed by atoms with Crippen LogP contribution in [0.2, 0.25) is 0 Å². The van der Waals surface area contributed by atoms with Crippen LogP contribution in [0.5, 0.6) is 0 Å². The van der Waals surface area contributed by atoms with Gasteiger partial charge in [-0.1, -0.05) is 18.2 Å². The SMILES string of the molecule is CCNC(=NCc1sc(C)nc1C)NCC1CCN(c2ccccc2)C1. The number of nitrogens with one attached hydrogen (secondary N) is 2. The molecule has 140 valence electrons. The van der Waals surface area contributed by atoms with Crippen LogP contribution in [0.4, 0.5) is 5.69 Å². The zero-order chi connectivity index (χ0) is 18.4. The van der Waals surface area contributed by atoms with Gasteiger partial charge in [0.2, 0.25) is 0 Å². The number of benzene rings is 1. The second-order valence-electron chi connectivity index (χ2n) is 6.75. The molecule has 0 aliphatic carbocycles. The van der Waals surface area contributed by atoms with E-state index in [1.54, 1.807) is 11.3 Å². The molecule has 0 saturated carbocycles. The lowest BCUT2D eigenvalue weighted by atomic mass is 10.1. The fourth-order valence-electron chi connectivity index (χ4n) is 3.33. The maximum Gasteiger partial charge on any atom is 0.191 e. The van der Waals surface area contributed by atoms with E-state index in [2.05, 4.69) is 64.7 Å². The maximum absolute atomic E-state index is 4.75. The number of guanidine groups is 1. The zero-order valence-electron chi connectivity index (χ0n) is 16.0. The summed E-state index contributed by atoms with van der Waals surface area (Å²) in [5, 5.41) is 7.99. The molecular formula is C20H29N5S. The van der Waals surface area contributed by atoms with Gasteiger partial charge in [-0.2, -0.15) is 0 Å². The van der Waals surface area contributed by atoms with Gasteiger partial charge in [0, 0.05) is 36.7 Å². The molecule has 2 N–H and O–H groups in total. The highest BCUT2D eigenvalue weighted by atomic mass is 32.1. The molecule has 1 aliphatic rings. The summed E-state index contributed by atoms with van der Waals surface area (Å²) in [6, 6.07) is 10.7. The van der Waals surface area contributed by atoms with Gasteiger partial charge < -0.3 is 15.5 Å². The number of anilines is 1. The molecule has 0 amide bonds. The summed E-state index contributed by atoms with van der Waals surface area (Å²) in [4.78, 5) is 12.9. The number of rotatable bonds is 6. The van der Waals surface area contributed by atoms with Crippen molar-refractivity contribution in [1.82, 2.24) is 15.6 Å². The Labute approximate surface area is 160 Å². The number of hydrogen-bond donors (Lipinski definition) is 2. The number of aryl methyl sites for hydroxylation is 2. The first-order valence-corrected chi connectivity index (χ1v) is 10.2. The van der Waals surface area contributed by atoms with E-state index in [4.69, 9.17) is 4.99 Å². The molecule has 0 spiro atoms. The molecule has 0 bridgehead atoms. The van der Waals surface area contributed by atoms with E-state index in [0.717, 1.165) is 42.8 Å². The van der Waals surface area contributed by atoms with Crippen molar-refractivity contribution < 1.29 is 0 Å². The number of thiazole rings is 1. The molecule has 1 aromatic carbocycles.